The molecule has 0 bridgehead atoms. The van der Waals surface area contributed by atoms with Crippen molar-refractivity contribution in [2.75, 3.05) is 26.3 Å². The van der Waals surface area contributed by atoms with E-state index in [0.717, 1.165) is 38.4 Å². The molecule has 138 valence electrons. The van der Waals surface area contributed by atoms with Gasteiger partial charge in [0.2, 0.25) is 5.91 Å². The zero-order valence-electron chi connectivity index (χ0n) is 14.4. The molecule has 1 aliphatic rings. The average Bonchev–Trinajstić information content (AvgIpc) is 2.54. The van der Waals surface area contributed by atoms with Gasteiger partial charge in [-0.25, -0.2) is 0 Å². The van der Waals surface area contributed by atoms with Gasteiger partial charge in [-0.3, -0.25) is 9.69 Å². The molecule has 0 aliphatic carbocycles. The van der Waals surface area contributed by atoms with Gasteiger partial charge in [-0.2, -0.15) is 0 Å². The first kappa shape index (κ1) is 23.1. The minimum atomic E-state index is -0.444. The van der Waals surface area contributed by atoms with E-state index in [-0.39, 0.29) is 36.6 Å². The fraction of sp³-hybridized carbons (Fsp3) is 0.588. The van der Waals surface area contributed by atoms with Gasteiger partial charge in [0.25, 0.3) is 0 Å². The molecule has 0 radical (unpaired) electrons. The molecule has 1 aliphatic heterocycles. The quantitative estimate of drug-likeness (QED) is 0.794. The Morgan fingerprint density at radius 1 is 1.17 bits per heavy atom. The molecule has 0 saturated carbocycles. The number of carbonyl (C=O) groups excluding carboxylic acids is 1. The Morgan fingerprint density at radius 2 is 1.71 bits per heavy atom. The molecule has 1 aromatic rings. The molecule has 2 rings (SSSR count). The van der Waals surface area contributed by atoms with Crippen molar-refractivity contribution in [2.45, 2.75) is 33.0 Å². The first-order valence-electron chi connectivity index (χ1n) is 7.97. The van der Waals surface area contributed by atoms with E-state index in [1.165, 1.54) is 5.56 Å². The molecule has 7 heteroatoms. The van der Waals surface area contributed by atoms with Gasteiger partial charge in [0.1, 0.15) is 0 Å². The van der Waals surface area contributed by atoms with Gasteiger partial charge >= 0.3 is 0 Å². The van der Waals surface area contributed by atoms with E-state index in [1.807, 2.05) is 13.8 Å². The van der Waals surface area contributed by atoms with Crippen LogP contribution in [0.5, 0.6) is 0 Å². The second-order valence-electron chi connectivity index (χ2n) is 6.19. The Morgan fingerprint density at radius 3 is 2.25 bits per heavy atom. The number of nitrogens with zero attached hydrogens (tertiary/aromatic N) is 1. The van der Waals surface area contributed by atoms with Crippen LogP contribution in [0.1, 0.15) is 25.0 Å². The lowest BCUT2D eigenvalue weighted by Gasteiger charge is -2.26. The summed E-state index contributed by atoms with van der Waals surface area (Å²) in [5.74, 6) is 0.0586. The number of nitrogens with two attached hydrogens (primary N) is 1. The highest BCUT2D eigenvalue weighted by molar-refractivity contribution is 5.85. The van der Waals surface area contributed by atoms with Gasteiger partial charge < -0.3 is 15.8 Å². The summed E-state index contributed by atoms with van der Waals surface area (Å²) >= 11 is 0. The van der Waals surface area contributed by atoms with E-state index in [2.05, 4.69) is 34.5 Å². The Kier molecular flexibility index (Phi) is 11.2. The monoisotopic (exact) mass is 377 g/mol. The number of nitrogens with one attached hydrogen (secondary N) is 1. The molecule has 3 N–H and O–H groups in total. The lowest BCUT2D eigenvalue weighted by atomic mass is 10.0. The average molecular weight is 378 g/mol. The summed E-state index contributed by atoms with van der Waals surface area (Å²) in [6.07, 6.45) is 0. The van der Waals surface area contributed by atoms with Crippen LogP contribution >= 0.6 is 24.8 Å². The maximum Gasteiger partial charge on any atom is 0.237 e. The summed E-state index contributed by atoms with van der Waals surface area (Å²) in [4.78, 5) is 14.2. The van der Waals surface area contributed by atoms with E-state index in [4.69, 9.17) is 10.5 Å². The van der Waals surface area contributed by atoms with Crippen LogP contribution in [0.25, 0.3) is 0 Å². The van der Waals surface area contributed by atoms with Crippen molar-refractivity contribution in [3.05, 3.63) is 35.4 Å². The van der Waals surface area contributed by atoms with E-state index >= 15 is 0 Å². The second-order valence-corrected chi connectivity index (χ2v) is 6.19. The zero-order chi connectivity index (χ0) is 15.9. The molecule has 0 unspecified atom stereocenters. The first-order chi connectivity index (χ1) is 10.6. The minimum absolute atomic E-state index is 0. The number of hydrogen-bond donors (Lipinski definition) is 2. The minimum Gasteiger partial charge on any atom is -0.379 e. The third kappa shape index (κ3) is 7.36. The number of hydrogen-bond acceptors (Lipinski definition) is 4. The predicted molar refractivity (Wildman–Crippen MR) is 102 cm³/mol. The van der Waals surface area contributed by atoms with Crippen molar-refractivity contribution in [3.8, 4) is 0 Å². The number of halogens is 2. The standard InChI is InChI=1S/C17H27N3O2.2ClH/c1-13(2)16(18)17(21)19-11-14-3-5-15(6-4-14)12-20-7-9-22-10-8-20;;/h3-6,13,16H,7-12,18H2,1-2H3,(H,19,21);2*1H/t16-;;/m0../s1. The number of rotatable bonds is 6. The van der Waals surface area contributed by atoms with Crippen LogP contribution < -0.4 is 11.1 Å². The highest BCUT2D eigenvalue weighted by Gasteiger charge is 2.16. The number of benzene rings is 1. The van der Waals surface area contributed by atoms with Crippen molar-refractivity contribution in [1.29, 1.82) is 0 Å². The van der Waals surface area contributed by atoms with Gasteiger partial charge in [-0.05, 0) is 17.0 Å². The summed E-state index contributed by atoms with van der Waals surface area (Å²) in [7, 11) is 0. The molecule has 5 nitrogen and oxygen atoms in total. The fourth-order valence-corrected chi connectivity index (χ4v) is 2.39. The van der Waals surface area contributed by atoms with Gasteiger partial charge in [0.15, 0.2) is 0 Å². The maximum atomic E-state index is 11.8. The van der Waals surface area contributed by atoms with E-state index in [9.17, 15) is 4.79 Å². The molecule has 1 aromatic carbocycles. The van der Waals surface area contributed by atoms with Gasteiger partial charge in [0, 0.05) is 26.2 Å². The van der Waals surface area contributed by atoms with Gasteiger partial charge in [0.05, 0.1) is 19.3 Å². The number of ether oxygens (including phenoxy) is 1. The van der Waals surface area contributed by atoms with Crippen LogP contribution in [0, 0.1) is 5.92 Å². The van der Waals surface area contributed by atoms with Crippen LogP contribution in [0.2, 0.25) is 0 Å². The predicted octanol–water partition coefficient (Wildman–Crippen LogP) is 1.96. The normalized spacial score (nSPS) is 16.0. The summed E-state index contributed by atoms with van der Waals surface area (Å²) in [5, 5.41) is 2.89. The molecule has 1 heterocycles. The maximum absolute atomic E-state index is 11.8. The third-order valence-electron chi connectivity index (χ3n) is 4.02. The van der Waals surface area contributed by atoms with Crippen LogP contribution in [0.15, 0.2) is 24.3 Å². The molecule has 1 saturated heterocycles. The lowest BCUT2D eigenvalue weighted by Crippen LogP contribution is -2.43. The number of morpholine rings is 1. The summed E-state index contributed by atoms with van der Waals surface area (Å²) in [5.41, 5.74) is 8.21. The molecular weight excluding hydrogens is 349 g/mol. The zero-order valence-corrected chi connectivity index (χ0v) is 16.0. The molecule has 1 amide bonds. The highest BCUT2D eigenvalue weighted by atomic mass is 35.5. The smallest absolute Gasteiger partial charge is 0.237 e. The first-order valence-corrected chi connectivity index (χ1v) is 7.97. The number of carbonyl (C=O) groups is 1. The molecule has 1 atom stereocenters. The fourth-order valence-electron chi connectivity index (χ4n) is 2.39. The lowest BCUT2D eigenvalue weighted by molar-refractivity contribution is -0.123. The van der Waals surface area contributed by atoms with E-state index < -0.39 is 6.04 Å². The SMILES string of the molecule is CC(C)[C@H](N)C(=O)NCc1ccc(CN2CCOCC2)cc1.Cl.Cl. The van der Waals surface area contributed by atoms with Crippen molar-refractivity contribution in [1.82, 2.24) is 10.2 Å². The van der Waals surface area contributed by atoms with E-state index in [1.54, 1.807) is 0 Å². The Labute approximate surface area is 157 Å². The molecule has 1 fully saturated rings. The topological polar surface area (TPSA) is 67.6 Å². The van der Waals surface area contributed by atoms with Crippen molar-refractivity contribution in [2.24, 2.45) is 11.7 Å². The van der Waals surface area contributed by atoms with Crippen LogP contribution in [0.3, 0.4) is 0 Å². The summed E-state index contributed by atoms with van der Waals surface area (Å²) in [6, 6.07) is 7.94. The van der Waals surface area contributed by atoms with Crippen LogP contribution in [-0.4, -0.2) is 43.2 Å². The Balaban J connectivity index is 0.00000264. The van der Waals surface area contributed by atoms with Crippen LogP contribution in [-0.2, 0) is 22.6 Å². The summed E-state index contributed by atoms with van der Waals surface area (Å²) in [6.45, 7) is 9.00. The van der Waals surface area contributed by atoms with Gasteiger partial charge in [-0.15, -0.1) is 24.8 Å². The molecular formula is C17H29Cl2N3O2. The van der Waals surface area contributed by atoms with Crippen molar-refractivity contribution in [3.63, 3.8) is 0 Å². The van der Waals surface area contributed by atoms with Crippen LogP contribution in [0.4, 0.5) is 0 Å². The van der Waals surface area contributed by atoms with E-state index in [0.29, 0.717) is 6.54 Å². The second kappa shape index (κ2) is 11.7. The molecule has 0 aromatic heterocycles. The molecule has 24 heavy (non-hydrogen) atoms. The van der Waals surface area contributed by atoms with Gasteiger partial charge in [-0.1, -0.05) is 38.1 Å². The number of amides is 1. The Bertz CT molecular complexity index is 477. The highest BCUT2D eigenvalue weighted by Crippen LogP contribution is 2.09. The van der Waals surface area contributed by atoms with Crippen molar-refractivity contribution < 1.29 is 9.53 Å². The molecule has 0 spiro atoms. The third-order valence-corrected chi connectivity index (χ3v) is 4.02. The largest absolute Gasteiger partial charge is 0.379 e. The Hall–Kier alpha value is -0.850. The summed E-state index contributed by atoms with van der Waals surface area (Å²) < 4.78 is 5.35. The van der Waals surface area contributed by atoms with Crippen molar-refractivity contribution >= 4 is 30.7 Å².